The highest BCUT2D eigenvalue weighted by Gasteiger charge is 2.25. The van der Waals surface area contributed by atoms with E-state index in [9.17, 15) is 9.50 Å². The van der Waals surface area contributed by atoms with E-state index in [2.05, 4.69) is 48.6 Å². The van der Waals surface area contributed by atoms with Gasteiger partial charge < -0.3 is 15.4 Å². The average molecular weight is 443 g/mol. The number of nitrogens with one attached hydrogen (secondary N) is 2. The van der Waals surface area contributed by atoms with Gasteiger partial charge in [0.1, 0.15) is 5.82 Å². The van der Waals surface area contributed by atoms with Crippen LogP contribution in [0.4, 0.5) is 10.2 Å². The number of hydrogen-bond donors (Lipinski definition) is 3. The molecule has 2 atom stereocenters. The Morgan fingerprint density at radius 1 is 1.24 bits per heavy atom. The molecule has 8 nitrogen and oxygen atoms in total. The van der Waals surface area contributed by atoms with Crippen molar-refractivity contribution in [3.63, 3.8) is 0 Å². The lowest BCUT2D eigenvalue weighted by molar-refractivity contribution is 0.192. The first-order valence-corrected chi connectivity index (χ1v) is 11.0. The van der Waals surface area contributed by atoms with Crippen molar-refractivity contribution in [2.45, 2.75) is 38.3 Å². The van der Waals surface area contributed by atoms with Gasteiger partial charge in [-0.1, -0.05) is 18.2 Å². The number of rotatable bonds is 4. The molecule has 0 aliphatic heterocycles. The lowest BCUT2D eigenvalue weighted by Gasteiger charge is -2.24. The van der Waals surface area contributed by atoms with Gasteiger partial charge in [-0.2, -0.15) is 0 Å². The molecular weight excluding hydrogens is 421 g/mol. The van der Waals surface area contributed by atoms with E-state index in [1.165, 1.54) is 28.9 Å². The maximum absolute atomic E-state index is 13.8. The number of aromatic amines is 1. The third-order valence-electron chi connectivity index (χ3n) is 6.22. The Labute approximate surface area is 188 Å². The van der Waals surface area contributed by atoms with Crippen LogP contribution >= 0.6 is 0 Å². The predicted octanol–water partition coefficient (Wildman–Crippen LogP) is 3.83. The van der Waals surface area contributed by atoms with Crippen molar-refractivity contribution in [1.29, 1.82) is 0 Å². The number of para-hydroxylation sites is 1. The molecule has 33 heavy (non-hydrogen) atoms. The molecule has 3 N–H and O–H groups in total. The highest BCUT2D eigenvalue weighted by atomic mass is 19.1. The van der Waals surface area contributed by atoms with Crippen LogP contribution in [0.3, 0.4) is 0 Å². The number of anilines is 1. The van der Waals surface area contributed by atoms with E-state index in [0.29, 0.717) is 28.5 Å². The number of aryl methyl sites for hydroxylation is 1. The number of benzene rings is 1. The molecule has 166 valence electrons. The van der Waals surface area contributed by atoms with Crippen LogP contribution < -0.4 is 5.32 Å². The second kappa shape index (κ2) is 7.63. The van der Waals surface area contributed by atoms with E-state index in [4.69, 9.17) is 0 Å². The molecule has 1 aliphatic rings. The number of aliphatic hydroxyl groups excluding tert-OH is 1. The smallest absolute Gasteiger partial charge is 0.197 e. The molecule has 1 aliphatic carbocycles. The lowest BCUT2D eigenvalue weighted by atomic mass is 9.91. The number of nitrogens with zero attached hydrogens (tertiary/aromatic N) is 5. The van der Waals surface area contributed by atoms with E-state index < -0.39 is 11.9 Å². The number of imidazole rings is 1. The fraction of sp³-hybridized carbons (Fsp3) is 0.250. The average Bonchev–Trinajstić information content (AvgIpc) is 3.41. The van der Waals surface area contributed by atoms with Crippen molar-refractivity contribution in [1.82, 2.24) is 29.5 Å². The molecule has 0 amide bonds. The van der Waals surface area contributed by atoms with Crippen molar-refractivity contribution >= 4 is 22.4 Å². The second-order valence-corrected chi connectivity index (χ2v) is 8.48. The van der Waals surface area contributed by atoms with E-state index in [0.717, 1.165) is 31.0 Å². The van der Waals surface area contributed by atoms with Gasteiger partial charge in [-0.25, -0.2) is 18.9 Å². The van der Waals surface area contributed by atoms with Crippen LogP contribution in [0, 0.1) is 5.82 Å². The van der Waals surface area contributed by atoms with Crippen molar-refractivity contribution in [3.05, 3.63) is 71.7 Å². The van der Waals surface area contributed by atoms with E-state index >= 15 is 0 Å². The minimum Gasteiger partial charge on any atom is -0.387 e. The summed E-state index contributed by atoms with van der Waals surface area (Å²) in [5, 5.41) is 19.5. The zero-order chi connectivity index (χ0) is 22.5. The molecule has 0 fully saturated rings. The summed E-state index contributed by atoms with van der Waals surface area (Å²) in [4.78, 5) is 16.6. The first kappa shape index (κ1) is 19.8. The second-order valence-electron chi connectivity index (χ2n) is 8.48. The van der Waals surface area contributed by atoms with Gasteiger partial charge in [0.15, 0.2) is 17.3 Å². The lowest BCUT2D eigenvalue weighted by Crippen LogP contribution is -2.28. The Kier molecular flexibility index (Phi) is 4.58. The molecule has 0 saturated carbocycles. The molecule has 5 aromatic rings. The van der Waals surface area contributed by atoms with E-state index in [1.54, 1.807) is 17.6 Å². The van der Waals surface area contributed by atoms with Crippen LogP contribution in [-0.4, -0.2) is 40.7 Å². The standard InChI is InChI=1S/C24H22FN7O/c1-13(33)21-12-27-24-23(30-22(31-32(21)24)14-8-15(25)11-26-10-14)28-16-6-7-20-18(9-16)17-4-2-3-5-19(17)29-20/h2-5,8,10-13,16,29,33H,6-7,9H2,1H3,(H,28,30,31)/t13-,16?/m0/s1. The van der Waals surface area contributed by atoms with Gasteiger partial charge in [0.05, 0.1) is 24.2 Å². The van der Waals surface area contributed by atoms with Crippen LogP contribution in [0.15, 0.2) is 48.9 Å². The SMILES string of the molecule is C[C@H](O)c1cnc2c(NC3CCc4[nH]c5ccccc5c4C3)nc(-c3cncc(F)c3)nn12. The zero-order valence-electron chi connectivity index (χ0n) is 18.0. The minimum absolute atomic E-state index is 0.139. The third kappa shape index (κ3) is 3.41. The summed E-state index contributed by atoms with van der Waals surface area (Å²) in [5.74, 6) is 0.385. The molecule has 0 bridgehead atoms. The maximum atomic E-state index is 13.8. The van der Waals surface area contributed by atoms with Crippen LogP contribution in [0.1, 0.15) is 36.4 Å². The number of aliphatic hydroxyl groups is 1. The van der Waals surface area contributed by atoms with Gasteiger partial charge in [-0.3, -0.25) is 4.98 Å². The maximum Gasteiger partial charge on any atom is 0.197 e. The minimum atomic E-state index is -0.773. The Morgan fingerprint density at radius 3 is 2.97 bits per heavy atom. The Morgan fingerprint density at radius 2 is 2.12 bits per heavy atom. The first-order chi connectivity index (χ1) is 16.1. The summed E-state index contributed by atoms with van der Waals surface area (Å²) in [6.07, 6.45) is 6.17. The van der Waals surface area contributed by atoms with Crippen molar-refractivity contribution in [2.75, 3.05) is 5.32 Å². The van der Waals surface area contributed by atoms with Gasteiger partial charge in [-0.15, -0.1) is 5.10 Å². The molecule has 0 radical (unpaired) electrons. The fourth-order valence-electron chi connectivity index (χ4n) is 4.62. The molecular formula is C24H22FN7O. The summed E-state index contributed by atoms with van der Waals surface area (Å²) < 4.78 is 15.4. The van der Waals surface area contributed by atoms with Crippen LogP contribution in [-0.2, 0) is 12.8 Å². The van der Waals surface area contributed by atoms with Crippen molar-refractivity contribution < 1.29 is 9.50 Å². The Bertz CT molecular complexity index is 1490. The number of H-pyrrole nitrogens is 1. The molecule has 1 aromatic carbocycles. The van der Waals surface area contributed by atoms with Crippen molar-refractivity contribution in [2.24, 2.45) is 0 Å². The summed E-state index contributed by atoms with van der Waals surface area (Å²) >= 11 is 0. The molecule has 0 spiro atoms. The number of hydrogen-bond acceptors (Lipinski definition) is 6. The highest BCUT2D eigenvalue weighted by Crippen LogP contribution is 2.31. The van der Waals surface area contributed by atoms with Gasteiger partial charge in [0, 0.05) is 34.4 Å². The molecule has 1 unspecified atom stereocenters. The zero-order valence-corrected chi connectivity index (χ0v) is 18.0. The number of aromatic nitrogens is 6. The third-order valence-corrected chi connectivity index (χ3v) is 6.22. The number of fused-ring (bicyclic) bond motifs is 4. The topological polar surface area (TPSA) is 104 Å². The molecule has 9 heteroatoms. The summed E-state index contributed by atoms with van der Waals surface area (Å²) in [5.41, 5.74) is 5.26. The molecule has 4 aromatic heterocycles. The quantitative estimate of drug-likeness (QED) is 0.390. The van der Waals surface area contributed by atoms with Crippen molar-refractivity contribution in [3.8, 4) is 11.4 Å². The van der Waals surface area contributed by atoms with Gasteiger partial charge in [0.25, 0.3) is 0 Å². The van der Waals surface area contributed by atoms with E-state index in [1.807, 2.05) is 6.07 Å². The Hall–Kier alpha value is -3.85. The van der Waals surface area contributed by atoms with Crippen LogP contribution in [0.25, 0.3) is 27.9 Å². The Balaban J connectivity index is 1.41. The monoisotopic (exact) mass is 443 g/mol. The number of halogens is 1. The first-order valence-electron chi connectivity index (χ1n) is 11.0. The molecule has 6 rings (SSSR count). The van der Waals surface area contributed by atoms with Gasteiger partial charge in [-0.05, 0) is 43.9 Å². The highest BCUT2D eigenvalue weighted by molar-refractivity contribution is 5.85. The van der Waals surface area contributed by atoms with E-state index in [-0.39, 0.29) is 6.04 Å². The largest absolute Gasteiger partial charge is 0.387 e. The van der Waals surface area contributed by atoms with Crippen LogP contribution in [0.2, 0.25) is 0 Å². The van der Waals surface area contributed by atoms with Gasteiger partial charge >= 0.3 is 0 Å². The van der Waals surface area contributed by atoms with Gasteiger partial charge in [0.2, 0.25) is 0 Å². The fourth-order valence-corrected chi connectivity index (χ4v) is 4.62. The number of pyridine rings is 1. The predicted molar refractivity (Wildman–Crippen MR) is 122 cm³/mol. The van der Waals surface area contributed by atoms with Crippen LogP contribution in [0.5, 0.6) is 0 Å². The molecule has 4 heterocycles. The summed E-state index contributed by atoms with van der Waals surface area (Å²) in [6.45, 7) is 1.65. The molecule has 0 saturated heterocycles. The summed E-state index contributed by atoms with van der Waals surface area (Å²) in [7, 11) is 0. The summed E-state index contributed by atoms with van der Waals surface area (Å²) in [6, 6.07) is 9.83. The normalized spacial score (nSPS) is 16.8.